The van der Waals surface area contributed by atoms with Crippen LogP contribution in [0.2, 0.25) is 0 Å². The molecule has 1 aliphatic carbocycles. The van der Waals surface area contributed by atoms with E-state index in [-0.39, 0.29) is 0 Å². The van der Waals surface area contributed by atoms with Gasteiger partial charge in [0.05, 0.1) is 5.54 Å². The molecule has 1 amide bonds. The molecule has 0 saturated heterocycles. The largest absolute Gasteiger partial charge is 0.444 e. The summed E-state index contributed by atoms with van der Waals surface area (Å²) in [5.41, 5.74) is -1.31. The minimum atomic E-state index is -0.758. The quantitative estimate of drug-likeness (QED) is 0.760. The van der Waals surface area contributed by atoms with Crippen LogP contribution in [0, 0.1) is 5.92 Å². The summed E-state index contributed by atoms with van der Waals surface area (Å²) < 4.78 is 10.1. The fourth-order valence-electron chi connectivity index (χ4n) is 2.06. The fraction of sp³-hybridized carbons (Fsp3) is 0.833. The molecule has 1 fully saturated rings. The van der Waals surface area contributed by atoms with Gasteiger partial charge in [0, 0.05) is 13.7 Å². The molecule has 1 N–H and O–H groups in total. The summed E-state index contributed by atoms with van der Waals surface area (Å²) in [6.45, 7) is 5.98. The summed E-state index contributed by atoms with van der Waals surface area (Å²) in [4.78, 5) is 22.6. The van der Waals surface area contributed by atoms with Crippen LogP contribution in [0.4, 0.5) is 4.79 Å². The van der Waals surface area contributed by atoms with E-state index < -0.39 is 17.2 Å². The summed E-state index contributed by atoms with van der Waals surface area (Å²) in [6, 6.07) is 0. The van der Waals surface area contributed by atoms with Crippen molar-refractivity contribution in [1.29, 1.82) is 0 Å². The lowest BCUT2D eigenvalue weighted by molar-refractivity contribution is -0.119. The Balaban J connectivity index is 2.44. The molecule has 0 unspecified atom stereocenters. The third kappa shape index (κ3) is 4.00. The molecular formula is C12H21NO4. The minimum absolute atomic E-state index is 0.333. The Morgan fingerprint density at radius 2 is 2.06 bits per heavy atom. The zero-order chi connectivity index (χ0) is 13.1. The van der Waals surface area contributed by atoms with Gasteiger partial charge in [0.15, 0.2) is 0 Å². The first kappa shape index (κ1) is 14.0. The third-order valence-electron chi connectivity index (χ3n) is 2.68. The normalized spacial score (nSPS) is 28.1. The summed E-state index contributed by atoms with van der Waals surface area (Å²) in [6.07, 6.45) is 1.48. The highest BCUT2D eigenvalue weighted by Crippen LogP contribution is 2.36. The van der Waals surface area contributed by atoms with Crippen LogP contribution >= 0.6 is 0 Å². The van der Waals surface area contributed by atoms with Crippen molar-refractivity contribution in [2.24, 2.45) is 5.92 Å². The molecule has 1 rings (SSSR count). The first-order valence-corrected chi connectivity index (χ1v) is 5.77. The average molecular weight is 243 g/mol. The smallest absolute Gasteiger partial charge is 0.408 e. The van der Waals surface area contributed by atoms with E-state index in [0.717, 1.165) is 6.29 Å². The Labute approximate surface area is 102 Å². The number of carbonyl (C=O) groups is 2. The topological polar surface area (TPSA) is 64.6 Å². The van der Waals surface area contributed by atoms with Crippen molar-refractivity contribution >= 4 is 12.4 Å². The van der Waals surface area contributed by atoms with Crippen molar-refractivity contribution in [2.75, 3.05) is 13.7 Å². The lowest BCUT2D eigenvalue weighted by Gasteiger charge is -2.43. The van der Waals surface area contributed by atoms with Crippen LogP contribution < -0.4 is 5.32 Å². The van der Waals surface area contributed by atoms with Crippen LogP contribution in [-0.2, 0) is 14.3 Å². The van der Waals surface area contributed by atoms with Crippen molar-refractivity contribution in [1.82, 2.24) is 5.32 Å². The zero-order valence-electron chi connectivity index (χ0n) is 10.9. The average Bonchev–Trinajstić information content (AvgIpc) is 2.11. The van der Waals surface area contributed by atoms with Crippen LogP contribution in [-0.4, -0.2) is 37.2 Å². The van der Waals surface area contributed by atoms with E-state index in [4.69, 9.17) is 9.47 Å². The van der Waals surface area contributed by atoms with Gasteiger partial charge in [0.25, 0.3) is 0 Å². The number of methoxy groups -OCH3 is 1. The number of hydrogen-bond acceptors (Lipinski definition) is 4. The van der Waals surface area contributed by atoms with E-state index >= 15 is 0 Å². The van der Waals surface area contributed by atoms with Gasteiger partial charge in [0.2, 0.25) is 0 Å². The van der Waals surface area contributed by atoms with E-state index in [1.807, 2.05) is 0 Å². The lowest BCUT2D eigenvalue weighted by atomic mass is 9.69. The monoisotopic (exact) mass is 243 g/mol. The number of aldehydes is 1. The van der Waals surface area contributed by atoms with Crippen LogP contribution in [0.3, 0.4) is 0 Å². The highest BCUT2D eigenvalue weighted by atomic mass is 16.6. The summed E-state index contributed by atoms with van der Waals surface area (Å²) in [5, 5.41) is 2.64. The fourth-order valence-corrected chi connectivity index (χ4v) is 2.06. The van der Waals surface area contributed by atoms with Gasteiger partial charge in [-0.1, -0.05) is 0 Å². The Bertz CT molecular complexity index is 289. The van der Waals surface area contributed by atoms with Crippen molar-refractivity contribution in [2.45, 2.75) is 44.8 Å². The van der Waals surface area contributed by atoms with Crippen molar-refractivity contribution in [3.63, 3.8) is 0 Å². The SMILES string of the molecule is COCC1CC(C=O)(NC(=O)OC(C)(C)C)C1. The molecule has 0 bridgehead atoms. The number of ether oxygens (including phenoxy) is 2. The lowest BCUT2D eigenvalue weighted by Crippen LogP contribution is -2.60. The van der Waals surface area contributed by atoms with Crippen LogP contribution in [0.25, 0.3) is 0 Å². The molecule has 0 atom stereocenters. The van der Waals surface area contributed by atoms with E-state index in [9.17, 15) is 9.59 Å². The minimum Gasteiger partial charge on any atom is -0.444 e. The highest BCUT2D eigenvalue weighted by molar-refractivity contribution is 5.77. The van der Waals surface area contributed by atoms with Gasteiger partial charge in [-0.15, -0.1) is 0 Å². The Morgan fingerprint density at radius 1 is 1.47 bits per heavy atom. The third-order valence-corrected chi connectivity index (χ3v) is 2.68. The molecule has 5 nitrogen and oxygen atoms in total. The highest BCUT2D eigenvalue weighted by Gasteiger charge is 2.46. The van der Waals surface area contributed by atoms with Crippen molar-refractivity contribution in [3.8, 4) is 0 Å². The first-order valence-electron chi connectivity index (χ1n) is 5.77. The number of alkyl carbamates (subject to hydrolysis) is 1. The van der Waals surface area contributed by atoms with Gasteiger partial charge < -0.3 is 19.6 Å². The standard InChI is InChI=1S/C12H21NO4/c1-11(2,3)17-10(15)13-12(8-14)5-9(6-12)7-16-4/h8-9H,5-7H2,1-4H3,(H,13,15). The summed E-state index contributed by atoms with van der Waals surface area (Å²) in [5.74, 6) is 0.333. The molecule has 98 valence electrons. The maximum atomic E-state index is 11.6. The maximum Gasteiger partial charge on any atom is 0.408 e. The number of hydrogen-bond donors (Lipinski definition) is 1. The van der Waals surface area contributed by atoms with Gasteiger partial charge in [-0.2, -0.15) is 0 Å². The summed E-state index contributed by atoms with van der Waals surface area (Å²) >= 11 is 0. The Morgan fingerprint density at radius 3 is 2.47 bits per heavy atom. The van der Waals surface area contributed by atoms with Gasteiger partial charge >= 0.3 is 6.09 Å². The molecule has 0 aromatic heterocycles. The second kappa shape index (κ2) is 5.04. The first-order chi connectivity index (χ1) is 7.80. The van der Waals surface area contributed by atoms with Gasteiger partial charge in [0.1, 0.15) is 11.9 Å². The maximum absolute atomic E-state index is 11.6. The molecular weight excluding hydrogens is 222 g/mol. The van der Waals surface area contributed by atoms with Crippen LogP contribution in [0.5, 0.6) is 0 Å². The molecule has 0 spiro atoms. The molecule has 0 aliphatic heterocycles. The van der Waals surface area contributed by atoms with E-state index in [1.54, 1.807) is 27.9 Å². The Kier molecular flexibility index (Phi) is 4.14. The van der Waals surface area contributed by atoms with Gasteiger partial charge in [-0.05, 0) is 39.5 Å². The van der Waals surface area contributed by atoms with Crippen LogP contribution in [0.15, 0.2) is 0 Å². The Hall–Kier alpha value is -1.10. The molecule has 17 heavy (non-hydrogen) atoms. The van der Waals surface area contributed by atoms with Crippen molar-refractivity contribution < 1.29 is 19.1 Å². The van der Waals surface area contributed by atoms with E-state index in [1.165, 1.54) is 0 Å². The number of nitrogens with one attached hydrogen (secondary N) is 1. The molecule has 0 aromatic carbocycles. The second-order valence-corrected chi connectivity index (χ2v) is 5.63. The molecule has 0 aromatic rings. The second-order valence-electron chi connectivity index (χ2n) is 5.63. The molecule has 1 saturated carbocycles. The van der Waals surface area contributed by atoms with Crippen LogP contribution in [0.1, 0.15) is 33.6 Å². The van der Waals surface area contributed by atoms with E-state index in [0.29, 0.717) is 25.4 Å². The molecule has 0 heterocycles. The van der Waals surface area contributed by atoms with Crippen molar-refractivity contribution in [3.05, 3.63) is 0 Å². The van der Waals surface area contributed by atoms with Gasteiger partial charge in [-0.25, -0.2) is 4.79 Å². The predicted octanol–water partition coefficient (Wildman–Crippen LogP) is 1.51. The zero-order valence-corrected chi connectivity index (χ0v) is 10.9. The molecule has 1 aliphatic rings. The molecule has 5 heteroatoms. The number of rotatable bonds is 4. The summed E-state index contributed by atoms with van der Waals surface area (Å²) in [7, 11) is 1.63. The number of carbonyl (C=O) groups excluding carboxylic acids is 2. The number of amides is 1. The molecule has 0 radical (unpaired) electrons. The van der Waals surface area contributed by atoms with Gasteiger partial charge in [-0.3, -0.25) is 0 Å². The van der Waals surface area contributed by atoms with E-state index in [2.05, 4.69) is 5.32 Å². The predicted molar refractivity (Wildman–Crippen MR) is 62.8 cm³/mol.